The zero-order valence-corrected chi connectivity index (χ0v) is 16.8. The monoisotopic (exact) mass is 401 g/mol. The van der Waals surface area contributed by atoms with Crippen molar-refractivity contribution in [1.82, 2.24) is 14.5 Å². The molecule has 0 aromatic carbocycles. The van der Waals surface area contributed by atoms with Crippen LogP contribution in [0.15, 0.2) is 4.99 Å². The topological polar surface area (TPSA) is 53.7 Å². The second-order valence-electron chi connectivity index (χ2n) is 5.74. The normalized spacial score (nSPS) is 22.0. The van der Waals surface area contributed by atoms with Crippen LogP contribution in [0.2, 0.25) is 0 Å². The fourth-order valence-electron chi connectivity index (χ4n) is 3.45. The van der Waals surface area contributed by atoms with E-state index in [1.807, 2.05) is 0 Å². The molecule has 1 aliphatic carbocycles. The minimum atomic E-state index is -0.0451. The van der Waals surface area contributed by atoms with Gasteiger partial charge in [-0.15, -0.1) is 0 Å². The second-order valence-corrected chi connectivity index (χ2v) is 5.74. The number of fused-ring (bicyclic) bond motifs is 3. The summed E-state index contributed by atoms with van der Waals surface area (Å²) in [7, 11) is 3.60. The third kappa shape index (κ3) is 2.18. The summed E-state index contributed by atoms with van der Waals surface area (Å²) in [5.41, 5.74) is 0.611. The molecule has 0 atom stereocenters. The molecule has 0 bridgehead atoms. The van der Waals surface area contributed by atoms with Gasteiger partial charge in [0.1, 0.15) is 0 Å². The van der Waals surface area contributed by atoms with E-state index in [9.17, 15) is 4.79 Å². The Kier molecular flexibility index (Phi) is 3.95. The maximum absolute atomic E-state index is 12.4. The first kappa shape index (κ1) is 15.2. The number of carbonyl (C=O) groups excluding carboxylic acids is 1. The molecule has 21 heavy (non-hydrogen) atoms. The van der Waals surface area contributed by atoms with E-state index in [2.05, 4.69) is 29.8 Å². The van der Waals surface area contributed by atoms with Crippen molar-refractivity contribution < 1.29 is 21.1 Å². The quantitative estimate of drug-likeness (QED) is 0.489. The van der Waals surface area contributed by atoms with Crippen molar-refractivity contribution in [2.75, 3.05) is 18.5 Å². The number of imidazole rings is 1. The van der Waals surface area contributed by atoms with Crippen LogP contribution in [0.4, 0.5) is 5.82 Å². The van der Waals surface area contributed by atoms with Gasteiger partial charge in [-0.2, -0.15) is 0 Å². The van der Waals surface area contributed by atoms with Gasteiger partial charge in [0.15, 0.2) is 5.96 Å². The third-order valence-corrected chi connectivity index (χ3v) is 4.48. The molecule has 1 amide bonds. The molecule has 1 aromatic heterocycles. The number of aliphatic imine (C=N–C) groups is 1. The van der Waals surface area contributed by atoms with Crippen molar-refractivity contribution in [3.05, 3.63) is 12.0 Å². The molecule has 8 heteroatoms. The van der Waals surface area contributed by atoms with Crippen LogP contribution in [0, 0.1) is 6.33 Å². The molecule has 2 aliphatic heterocycles. The van der Waals surface area contributed by atoms with Crippen LogP contribution in [0.25, 0.3) is 0 Å². The van der Waals surface area contributed by atoms with E-state index >= 15 is 0 Å². The summed E-state index contributed by atoms with van der Waals surface area (Å²) in [4.78, 5) is 25.2. The van der Waals surface area contributed by atoms with Gasteiger partial charge in [-0.05, 0) is 25.6 Å². The minimum absolute atomic E-state index is 0.00298. The Labute approximate surface area is 140 Å². The van der Waals surface area contributed by atoms with E-state index in [0.29, 0.717) is 11.5 Å². The van der Waals surface area contributed by atoms with Crippen LogP contribution >= 0.6 is 13.6 Å². The summed E-state index contributed by atoms with van der Waals surface area (Å²) in [6, 6.07) is 0. The molecule has 1 fully saturated rings. The zero-order valence-electron chi connectivity index (χ0n) is 12.3. The van der Waals surface area contributed by atoms with E-state index in [-0.39, 0.29) is 11.4 Å². The van der Waals surface area contributed by atoms with Crippen molar-refractivity contribution >= 4 is 31.3 Å². The number of halogens is 1. The van der Waals surface area contributed by atoms with Crippen molar-refractivity contribution in [2.24, 2.45) is 12.0 Å². The molecule has 1 aromatic rings. The van der Waals surface area contributed by atoms with Crippen LogP contribution in [0.5, 0.6) is 0 Å². The molecule has 3 heterocycles. The van der Waals surface area contributed by atoms with Gasteiger partial charge < -0.3 is 14.5 Å². The fraction of sp³-hybridized carbons (Fsp3) is 0.615. The first-order chi connectivity index (χ1) is 10.1. The Balaban J connectivity index is 0.000000636. The molecule has 0 radical (unpaired) electrons. The van der Waals surface area contributed by atoms with Crippen molar-refractivity contribution in [1.29, 1.82) is 0 Å². The number of nitrogens with zero attached hydrogens (tertiary/aromatic N) is 5. The van der Waals surface area contributed by atoms with Crippen LogP contribution < -0.4 is 4.90 Å². The van der Waals surface area contributed by atoms with Crippen molar-refractivity contribution in [2.45, 2.75) is 31.2 Å². The first-order valence-electron chi connectivity index (χ1n) is 6.98. The van der Waals surface area contributed by atoms with Crippen LogP contribution in [0.3, 0.4) is 0 Å². The number of aryl methyl sites for hydroxylation is 1. The van der Waals surface area contributed by atoms with Gasteiger partial charge in [0.05, 0.1) is 5.54 Å². The zero-order chi connectivity index (χ0) is 15.2. The standard InChI is InChI=1S/C13H16N5O.BrH.Zn/c1-16-8-14-10-9(16)11(19)17(2)12-15-13(7-18(10)12)5-3-4-6-13;;/h3-7H2,1-2H3;1H;/q-1;;+2/p-1. The average Bonchev–Trinajstić information content (AvgIpc) is 3.19. The van der Waals surface area contributed by atoms with E-state index in [0.717, 1.165) is 25.3 Å². The molecular formula is C13H16BrN5OZn. The third-order valence-electron chi connectivity index (χ3n) is 4.48. The van der Waals surface area contributed by atoms with Gasteiger partial charge in [0.2, 0.25) is 5.91 Å². The maximum atomic E-state index is 12.4. The van der Waals surface area contributed by atoms with E-state index in [1.54, 1.807) is 23.6 Å². The first-order valence-corrected chi connectivity index (χ1v) is 13.9. The number of guanidine groups is 1. The van der Waals surface area contributed by atoms with Gasteiger partial charge in [-0.1, -0.05) is 12.8 Å². The Hall–Kier alpha value is -0.747. The Morgan fingerprint density at radius 1 is 1.29 bits per heavy atom. The summed E-state index contributed by atoms with van der Waals surface area (Å²) >= 11 is 4.25. The Morgan fingerprint density at radius 3 is 2.62 bits per heavy atom. The molecule has 0 saturated heterocycles. The van der Waals surface area contributed by atoms with Crippen molar-refractivity contribution in [3.63, 3.8) is 0 Å². The Bertz CT molecular complexity index is 608. The second kappa shape index (κ2) is 5.47. The van der Waals surface area contributed by atoms with E-state index in [1.165, 1.54) is 29.2 Å². The molecular weight excluding hydrogens is 387 g/mol. The number of rotatable bonds is 0. The van der Waals surface area contributed by atoms with Crippen LogP contribution in [0.1, 0.15) is 36.2 Å². The number of carbonyl (C=O) groups is 1. The average molecular weight is 404 g/mol. The Morgan fingerprint density at radius 2 is 1.95 bits per heavy atom. The SMILES string of the molecule is CN1C(=O)c2c(n[c-]n2C)N2CC3(CCCC3)N=C12.[Zn+][Br]. The molecule has 108 valence electrons. The molecule has 0 N–H and O–H groups in total. The predicted molar refractivity (Wildman–Crippen MR) is 79.0 cm³/mol. The molecule has 3 aliphatic rings. The van der Waals surface area contributed by atoms with E-state index < -0.39 is 0 Å². The summed E-state index contributed by atoms with van der Waals surface area (Å²) in [6.45, 7) is 0.845. The summed E-state index contributed by atoms with van der Waals surface area (Å²) in [5.74, 6) is 1.43. The summed E-state index contributed by atoms with van der Waals surface area (Å²) in [5, 5.41) is 0. The number of amides is 1. The van der Waals surface area contributed by atoms with Gasteiger partial charge in [-0.3, -0.25) is 9.69 Å². The van der Waals surface area contributed by atoms with Crippen molar-refractivity contribution in [3.8, 4) is 0 Å². The molecule has 4 rings (SSSR count). The van der Waals surface area contributed by atoms with Crippen LogP contribution in [-0.2, 0) is 23.4 Å². The number of anilines is 1. The fourth-order valence-corrected chi connectivity index (χ4v) is 3.45. The molecule has 1 saturated carbocycles. The number of aromatic nitrogens is 2. The predicted octanol–water partition coefficient (Wildman–Crippen LogP) is 1.64. The summed E-state index contributed by atoms with van der Waals surface area (Å²) in [6.07, 6.45) is 7.52. The number of hydrogen-bond acceptors (Lipinski definition) is 4. The molecule has 6 nitrogen and oxygen atoms in total. The van der Waals surface area contributed by atoms with E-state index in [4.69, 9.17) is 4.99 Å². The van der Waals surface area contributed by atoms with Gasteiger partial charge in [0, 0.05) is 25.7 Å². The summed E-state index contributed by atoms with van der Waals surface area (Å²) < 4.78 is 1.67. The molecule has 0 unspecified atom stereocenters. The van der Waals surface area contributed by atoms with Gasteiger partial charge >= 0.3 is 30.0 Å². The van der Waals surface area contributed by atoms with Crippen LogP contribution in [-0.4, -0.2) is 45.4 Å². The van der Waals surface area contributed by atoms with Gasteiger partial charge in [0.25, 0.3) is 0 Å². The van der Waals surface area contributed by atoms with Gasteiger partial charge in [-0.25, -0.2) is 4.99 Å². The number of hydrogen-bond donors (Lipinski definition) is 0. The molecule has 1 spiro atoms.